The van der Waals surface area contributed by atoms with Gasteiger partial charge in [-0.3, -0.25) is 4.79 Å². The Kier molecular flexibility index (Phi) is 3.94. The van der Waals surface area contributed by atoms with Gasteiger partial charge < -0.3 is 8.75 Å². The maximum Gasteiger partial charge on any atom is 0.534 e. The van der Waals surface area contributed by atoms with Crippen LogP contribution in [0.3, 0.4) is 0 Å². The SMILES string of the molecule is CCn1ccc2c(OS(=O)(=O)C(F)(F)F)cc(C(C)=O)cc21. The average molecular weight is 335 g/mol. The number of Topliss-reactive ketones (excluding diaryl/α,β-unsaturated/α-hetero) is 1. The molecule has 0 N–H and O–H groups in total. The summed E-state index contributed by atoms with van der Waals surface area (Å²) in [6.07, 6.45) is 1.57. The van der Waals surface area contributed by atoms with E-state index in [2.05, 4.69) is 4.18 Å². The number of hydrogen-bond acceptors (Lipinski definition) is 4. The number of alkyl halides is 3. The lowest BCUT2D eigenvalue weighted by molar-refractivity contribution is -0.0499. The van der Waals surface area contributed by atoms with Crippen molar-refractivity contribution < 1.29 is 30.6 Å². The molecule has 0 atom stereocenters. The second-order valence-corrected chi connectivity index (χ2v) is 6.09. The topological polar surface area (TPSA) is 65.4 Å². The highest BCUT2D eigenvalue weighted by Gasteiger charge is 2.48. The van der Waals surface area contributed by atoms with Gasteiger partial charge in [0.2, 0.25) is 0 Å². The maximum atomic E-state index is 12.5. The summed E-state index contributed by atoms with van der Waals surface area (Å²) in [7, 11) is -5.80. The van der Waals surface area contributed by atoms with Crippen molar-refractivity contribution in [3.63, 3.8) is 0 Å². The number of rotatable bonds is 4. The van der Waals surface area contributed by atoms with Crippen LogP contribution in [-0.2, 0) is 16.7 Å². The van der Waals surface area contributed by atoms with E-state index in [4.69, 9.17) is 0 Å². The van der Waals surface area contributed by atoms with Crippen molar-refractivity contribution in [2.24, 2.45) is 0 Å². The number of fused-ring (bicyclic) bond motifs is 1. The Morgan fingerprint density at radius 1 is 1.32 bits per heavy atom. The number of halogens is 3. The summed E-state index contributed by atoms with van der Waals surface area (Å²) < 4.78 is 65.6. The normalized spacial score (nSPS) is 12.6. The van der Waals surface area contributed by atoms with E-state index >= 15 is 0 Å². The molecule has 2 rings (SSSR count). The first kappa shape index (κ1) is 16.3. The second kappa shape index (κ2) is 5.31. The molecule has 0 unspecified atom stereocenters. The van der Waals surface area contributed by atoms with Crippen LogP contribution >= 0.6 is 0 Å². The first-order chi connectivity index (χ1) is 10.1. The van der Waals surface area contributed by atoms with Gasteiger partial charge in [0.25, 0.3) is 0 Å². The Bertz CT molecular complexity index is 837. The molecule has 1 aromatic carbocycles. The summed E-state index contributed by atoms with van der Waals surface area (Å²) in [5.74, 6) is -0.938. The lowest BCUT2D eigenvalue weighted by Crippen LogP contribution is -2.28. The van der Waals surface area contributed by atoms with E-state index < -0.39 is 27.2 Å². The van der Waals surface area contributed by atoms with Crippen molar-refractivity contribution in [1.82, 2.24) is 4.57 Å². The van der Waals surface area contributed by atoms with Crippen LogP contribution in [0.4, 0.5) is 13.2 Å². The number of aryl methyl sites for hydroxylation is 1. The van der Waals surface area contributed by atoms with Gasteiger partial charge in [0.15, 0.2) is 11.5 Å². The Balaban J connectivity index is 2.67. The first-order valence-electron chi connectivity index (χ1n) is 6.21. The van der Waals surface area contributed by atoms with Gasteiger partial charge in [0, 0.05) is 23.7 Å². The highest BCUT2D eigenvalue weighted by atomic mass is 32.2. The molecule has 0 radical (unpaired) electrons. The molecular weight excluding hydrogens is 323 g/mol. The third kappa shape index (κ3) is 2.80. The summed E-state index contributed by atoms with van der Waals surface area (Å²) >= 11 is 0. The number of nitrogens with zero attached hydrogens (tertiary/aromatic N) is 1. The highest BCUT2D eigenvalue weighted by Crippen LogP contribution is 2.33. The van der Waals surface area contributed by atoms with Gasteiger partial charge in [0.05, 0.1) is 5.52 Å². The van der Waals surface area contributed by atoms with E-state index in [1.54, 1.807) is 17.7 Å². The van der Waals surface area contributed by atoms with Gasteiger partial charge in [0.1, 0.15) is 0 Å². The van der Waals surface area contributed by atoms with Crippen molar-refractivity contribution in [3.05, 3.63) is 30.0 Å². The summed E-state index contributed by atoms with van der Waals surface area (Å²) in [5, 5.41) is 0.180. The number of carbonyl (C=O) groups is 1. The van der Waals surface area contributed by atoms with Gasteiger partial charge in [-0.15, -0.1) is 0 Å². The van der Waals surface area contributed by atoms with Gasteiger partial charge in [-0.25, -0.2) is 0 Å². The van der Waals surface area contributed by atoms with Crippen LogP contribution in [0.5, 0.6) is 5.75 Å². The number of benzene rings is 1. The molecule has 0 aliphatic carbocycles. The second-order valence-electron chi connectivity index (χ2n) is 4.55. The van der Waals surface area contributed by atoms with Crippen molar-refractivity contribution in [2.75, 3.05) is 0 Å². The van der Waals surface area contributed by atoms with Crippen LogP contribution in [0.15, 0.2) is 24.4 Å². The zero-order chi connectivity index (χ0) is 16.7. The molecule has 2 aromatic rings. The average Bonchev–Trinajstić information content (AvgIpc) is 2.79. The molecule has 0 aliphatic rings. The fraction of sp³-hybridized carbons (Fsp3) is 0.308. The van der Waals surface area contributed by atoms with Gasteiger partial charge in [-0.05, 0) is 32.0 Å². The summed E-state index contributed by atoms with van der Waals surface area (Å²) in [4.78, 5) is 11.5. The minimum atomic E-state index is -5.80. The Hall–Kier alpha value is -2.03. The van der Waals surface area contributed by atoms with E-state index in [1.807, 2.05) is 0 Å². The number of carbonyl (C=O) groups excluding carboxylic acids is 1. The Morgan fingerprint density at radius 2 is 1.95 bits per heavy atom. The van der Waals surface area contributed by atoms with Crippen LogP contribution in [0.1, 0.15) is 24.2 Å². The molecule has 5 nitrogen and oxygen atoms in total. The van der Waals surface area contributed by atoms with Crippen LogP contribution in [-0.4, -0.2) is 24.3 Å². The molecule has 0 saturated heterocycles. The zero-order valence-electron chi connectivity index (χ0n) is 11.6. The molecule has 9 heteroatoms. The number of aromatic nitrogens is 1. The molecule has 0 fully saturated rings. The van der Waals surface area contributed by atoms with E-state index in [1.165, 1.54) is 19.1 Å². The standard InChI is InChI=1S/C13H12F3NO4S/c1-3-17-5-4-10-11(17)6-9(8(2)18)7-12(10)21-22(19,20)13(14,15)16/h4-7H,3H2,1-2H3. The molecule has 0 amide bonds. The maximum absolute atomic E-state index is 12.5. The Morgan fingerprint density at radius 3 is 2.45 bits per heavy atom. The molecule has 0 saturated carbocycles. The van der Waals surface area contributed by atoms with Crippen molar-refractivity contribution in [3.8, 4) is 5.75 Å². The molecule has 22 heavy (non-hydrogen) atoms. The predicted octanol–water partition coefficient (Wildman–Crippen LogP) is 3.09. The molecule has 120 valence electrons. The van der Waals surface area contributed by atoms with Crippen molar-refractivity contribution in [1.29, 1.82) is 0 Å². The van der Waals surface area contributed by atoms with Crippen LogP contribution in [0, 0.1) is 0 Å². The smallest absolute Gasteiger partial charge is 0.375 e. The molecule has 0 spiro atoms. The summed E-state index contributed by atoms with van der Waals surface area (Å²) in [5.41, 5.74) is -5.06. The predicted molar refractivity (Wildman–Crippen MR) is 73.2 cm³/mol. The summed E-state index contributed by atoms with van der Waals surface area (Å²) in [6, 6.07) is 3.91. The molecule has 1 heterocycles. The number of ketones is 1. The largest absolute Gasteiger partial charge is 0.534 e. The van der Waals surface area contributed by atoms with E-state index in [-0.39, 0.29) is 10.9 Å². The lowest BCUT2D eigenvalue weighted by atomic mass is 10.1. The number of hydrogen-bond donors (Lipinski definition) is 0. The van der Waals surface area contributed by atoms with E-state index in [0.29, 0.717) is 12.1 Å². The third-order valence-corrected chi connectivity index (χ3v) is 4.05. The first-order valence-corrected chi connectivity index (χ1v) is 7.62. The van der Waals surface area contributed by atoms with Crippen molar-refractivity contribution in [2.45, 2.75) is 25.9 Å². The van der Waals surface area contributed by atoms with Gasteiger partial charge in [-0.1, -0.05) is 0 Å². The van der Waals surface area contributed by atoms with Crippen molar-refractivity contribution >= 4 is 26.8 Å². The van der Waals surface area contributed by atoms with Gasteiger partial charge in [-0.2, -0.15) is 21.6 Å². The molecule has 1 aromatic heterocycles. The van der Waals surface area contributed by atoms with Crippen LogP contribution in [0.2, 0.25) is 0 Å². The highest BCUT2D eigenvalue weighted by molar-refractivity contribution is 7.88. The van der Waals surface area contributed by atoms with E-state index in [9.17, 15) is 26.4 Å². The minimum absolute atomic E-state index is 0.0632. The summed E-state index contributed by atoms with van der Waals surface area (Å²) in [6.45, 7) is 3.52. The van der Waals surface area contributed by atoms with E-state index in [0.717, 1.165) is 6.07 Å². The fourth-order valence-electron chi connectivity index (χ4n) is 1.98. The molecule has 0 bridgehead atoms. The van der Waals surface area contributed by atoms with Crippen LogP contribution < -0.4 is 4.18 Å². The minimum Gasteiger partial charge on any atom is -0.375 e. The lowest BCUT2D eigenvalue weighted by Gasteiger charge is -2.12. The fourth-order valence-corrected chi connectivity index (χ4v) is 2.44. The molecule has 0 aliphatic heterocycles. The molecular formula is C13H12F3NO4S. The monoisotopic (exact) mass is 335 g/mol. The van der Waals surface area contributed by atoms with Crippen LogP contribution in [0.25, 0.3) is 10.9 Å². The third-order valence-electron chi connectivity index (χ3n) is 3.08. The Labute approximate surface area is 124 Å². The quantitative estimate of drug-likeness (QED) is 0.489. The zero-order valence-corrected chi connectivity index (χ0v) is 12.5. The van der Waals surface area contributed by atoms with Gasteiger partial charge >= 0.3 is 15.6 Å².